The number of methoxy groups -OCH3 is 2. The summed E-state index contributed by atoms with van der Waals surface area (Å²) in [6, 6.07) is 11.2. The van der Waals surface area contributed by atoms with Crippen LogP contribution in [0.3, 0.4) is 0 Å². The van der Waals surface area contributed by atoms with Crippen LogP contribution in [0.25, 0.3) is 5.76 Å². The summed E-state index contributed by atoms with van der Waals surface area (Å²) in [4.78, 5) is 27.9. The van der Waals surface area contributed by atoms with Crippen LogP contribution in [0, 0.1) is 5.82 Å². The zero-order valence-electron chi connectivity index (χ0n) is 19.9. The second kappa shape index (κ2) is 10.6. The molecule has 37 heavy (non-hydrogen) atoms. The fourth-order valence-electron chi connectivity index (χ4n) is 4.28. The highest BCUT2D eigenvalue weighted by Crippen LogP contribution is 2.48. The number of Topliss-reactive ketones (excluding diaryl/α,β-unsaturated/α-hetero) is 1. The van der Waals surface area contributed by atoms with Crippen molar-refractivity contribution in [1.82, 2.24) is 0 Å². The lowest BCUT2D eigenvalue weighted by Gasteiger charge is -2.26. The van der Waals surface area contributed by atoms with Gasteiger partial charge in [0.05, 0.1) is 41.4 Å². The number of rotatable bonds is 6. The molecule has 0 saturated carbocycles. The third-order valence-corrected chi connectivity index (χ3v) is 7.04. The Labute approximate surface area is 227 Å². The Morgan fingerprint density at radius 1 is 0.973 bits per heavy atom. The van der Waals surface area contributed by atoms with Crippen LogP contribution < -0.4 is 14.4 Å². The lowest BCUT2D eigenvalue weighted by atomic mass is 9.94. The first-order valence-electron chi connectivity index (χ1n) is 11.1. The molecule has 0 bridgehead atoms. The molecule has 192 valence electrons. The second-order valence-electron chi connectivity index (χ2n) is 8.15. The number of carbonyl (C=O) groups is 2. The van der Waals surface area contributed by atoms with Gasteiger partial charge in [0.15, 0.2) is 11.5 Å². The van der Waals surface area contributed by atoms with E-state index in [-0.39, 0.29) is 43.4 Å². The molecule has 1 saturated heterocycles. The van der Waals surface area contributed by atoms with E-state index in [4.69, 9.17) is 44.3 Å². The molecule has 1 atom stereocenters. The number of halogens is 4. The van der Waals surface area contributed by atoms with Crippen molar-refractivity contribution in [3.8, 4) is 11.5 Å². The van der Waals surface area contributed by atoms with E-state index in [2.05, 4.69) is 0 Å². The molecule has 1 amide bonds. The Morgan fingerprint density at radius 3 is 2.19 bits per heavy atom. The molecule has 1 aliphatic rings. The zero-order chi connectivity index (χ0) is 27.0. The lowest BCUT2D eigenvalue weighted by Crippen LogP contribution is -2.29. The number of benzene rings is 3. The quantitative estimate of drug-likeness (QED) is 0.198. The molecule has 0 spiro atoms. The lowest BCUT2D eigenvalue weighted by molar-refractivity contribution is -0.132. The van der Waals surface area contributed by atoms with Gasteiger partial charge in [-0.3, -0.25) is 14.5 Å². The molecule has 3 aromatic rings. The van der Waals surface area contributed by atoms with Gasteiger partial charge in [0.25, 0.3) is 11.7 Å². The zero-order valence-corrected chi connectivity index (χ0v) is 22.2. The van der Waals surface area contributed by atoms with Gasteiger partial charge in [-0.15, -0.1) is 0 Å². The topological polar surface area (TPSA) is 76.1 Å². The average Bonchev–Trinajstić information content (AvgIpc) is 3.15. The van der Waals surface area contributed by atoms with E-state index >= 15 is 0 Å². The van der Waals surface area contributed by atoms with Crippen LogP contribution in [-0.2, 0) is 16.0 Å². The van der Waals surface area contributed by atoms with E-state index < -0.39 is 29.3 Å². The molecule has 1 fully saturated rings. The van der Waals surface area contributed by atoms with E-state index in [1.165, 1.54) is 37.3 Å². The minimum atomic E-state index is -1.07. The van der Waals surface area contributed by atoms with E-state index in [0.717, 1.165) is 18.1 Å². The van der Waals surface area contributed by atoms with Gasteiger partial charge in [-0.1, -0.05) is 66.0 Å². The number of aliphatic hydroxyl groups is 1. The number of anilines is 1. The molecule has 1 aliphatic heterocycles. The number of ether oxygens (including phenoxy) is 2. The smallest absolute Gasteiger partial charge is 0.300 e. The molecule has 3 aromatic carbocycles. The highest BCUT2D eigenvalue weighted by atomic mass is 35.5. The summed E-state index contributed by atoms with van der Waals surface area (Å²) in [5, 5.41) is 11.3. The van der Waals surface area contributed by atoms with E-state index in [1.54, 1.807) is 12.1 Å². The Kier molecular flexibility index (Phi) is 7.69. The highest BCUT2D eigenvalue weighted by Gasteiger charge is 2.47. The number of hydrogen-bond acceptors (Lipinski definition) is 5. The summed E-state index contributed by atoms with van der Waals surface area (Å²) in [6.07, 6.45) is 0.772. The number of aryl methyl sites for hydroxylation is 1. The monoisotopic (exact) mass is 563 g/mol. The maximum Gasteiger partial charge on any atom is 0.300 e. The van der Waals surface area contributed by atoms with Crippen LogP contribution in [-0.4, -0.2) is 31.0 Å². The minimum absolute atomic E-state index is 0.00322. The summed E-state index contributed by atoms with van der Waals surface area (Å²) < 4.78 is 24.5. The van der Waals surface area contributed by atoms with E-state index in [9.17, 15) is 19.1 Å². The molecule has 1 unspecified atom stereocenters. The number of carbonyl (C=O) groups excluding carboxylic acids is 2. The molecule has 0 radical (unpaired) electrons. The van der Waals surface area contributed by atoms with Gasteiger partial charge in [-0.2, -0.15) is 0 Å². The molecular weight excluding hydrogens is 544 g/mol. The number of aliphatic hydroxyl groups excluding tert-OH is 1. The maximum absolute atomic E-state index is 13.9. The summed E-state index contributed by atoms with van der Waals surface area (Å²) in [7, 11) is 2.69. The molecule has 0 aliphatic carbocycles. The van der Waals surface area contributed by atoms with Crippen LogP contribution in [0.1, 0.15) is 29.7 Å². The van der Waals surface area contributed by atoms with Crippen molar-refractivity contribution in [2.24, 2.45) is 0 Å². The number of nitrogens with zero attached hydrogens (tertiary/aromatic N) is 1. The van der Waals surface area contributed by atoms with Gasteiger partial charge in [0.1, 0.15) is 16.6 Å². The summed E-state index contributed by atoms with van der Waals surface area (Å²) in [5.41, 5.74) is 1.49. The predicted octanol–water partition coefficient (Wildman–Crippen LogP) is 6.99. The van der Waals surface area contributed by atoms with Crippen molar-refractivity contribution in [3.63, 3.8) is 0 Å². The van der Waals surface area contributed by atoms with Crippen molar-refractivity contribution in [1.29, 1.82) is 0 Å². The summed E-state index contributed by atoms with van der Waals surface area (Å²) >= 11 is 18.7. The number of ketones is 1. The Balaban J connectivity index is 2.01. The van der Waals surface area contributed by atoms with Crippen molar-refractivity contribution in [2.75, 3.05) is 19.1 Å². The standard InChI is InChI=1S/C27H21Cl3FNO5/c1-4-13-5-7-14(8-6-13)22-20(23(33)16-12-18(29)26(37-3)21(30)25(16)36-2)24(34)27(35)32(22)15-9-10-19(31)17(28)11-15/h5-12,22,33H,4H2,1-3H3/b23-20+. The second-order valence-corrected chi connectivity index (χ2v) is 9.34. The third kappa shape index (κ3) is 4.63. The van der Waals surface area contributed by atoms with Crippen LogP contribution in [0.2, 0.25) is 15.1 Å². The molecule has 1 heterocycles. The van der Waals surface area contributed by atoms with Gasteiger partial charge < -0.3 is 14.6 Å². The molecule has 0 aromatic heterocycles. The third-order valence-electron chi connectivity index (χ3n) is 6.12. The van der Waals surface area contributed by atoms with Gasteiger partial charge in [-0.25, -0.2) is 4.39 Å². The normalized spacial score (nSPS) is 16.8. The van der Waals surface area contributed by atoms with Crippen molar-refractivity contribution < 1.29 is 28.6 Å². The SMILES string of the molecule is CCc1ccc(C2/C(=C(\O)c3cc(Cl)c(OC)c(Cl)c3OC)C(=O)C(=O)N2c2ccc(F)c(Cl)c2)cc1. The maximum atomic E-state index is 13.9. The number of amides is 1. The highest BCUT2D eigenvalue weighted by molar-refractivity contribution is 6.52. The minimum Gasteiger partial charge on any atom is -0.507 e. The molecule has 1 N–H and O–H groups in total. The largest absolute Gasteiger partial charge is 0.507 e. The average molecular weight is 565 g/mol. The predicted molar refractivity (Wildman–Crippen MR) is 142 cm³/mol. The van der Waals surface area contributed by atoms with Crippen molar-refractivity contribution >= 4 is 57.9 Å². The van der Waals surface area contributed by atoms with E-state index in [0.29, 0.717) is 5.56 Å². The van der Waals surface area contributed by atoms with Crippen LogP contribution in [0.5, 0.6) is 11.5 Å². The Bertz CT molecular complexity index is 1440. The first-order chi connectivity index (χ1) is 17.6. The van der Waals surface area contributed by atoms with Crippen LogP contribution in [0.15, 0.2) is 54.1 Å². The molecule has 10 heteroatoms. The van der Waals surface area contributed by atoms with Crippen molar-refractivity contribution in [3.05, 3.63) is 91.7 Å². The van der Waals surface area contributed by atoms with Gasteiger partial charge >= 0.3 is 0 Å². The van der Waals surface area contributed by atoms with Gasteiger partial charge in [-0.05, 0) is 41.8 Å². The molecule has 6 nitrogen and oxygen atoms in total. The molecule has 4 rings (SSSR count). The fraction of sp³-hybridized carbons (Fsp3) is 0.185. The first-order valence-corrected chi connectivity index (χ1v) is 12.2. The Morgan fingerprint density at radius 2 is 1.62 bits per heavy atom. The van der Waals surface area contributed by atoms with Crippen molar-refractivity contribution in [2.45, 2.75) is 19.4 Å². The molecular formula is C27H21Cl3FNO5. The summed E-state index contributed by atoms with van der Waals surface area (Å²) in [5.74, 6) is -3.02. The van der Waals surface area contributed by atoms with Crippen LogP contribution in [0.4, 0.5) is 10.1 Å². The first kappa shape index (κ1) is 26.8. The van der Waals surface area contributed by atoms with E-state index in [1.807, 2.05) is 19.1 Å². The summed E-state index contributed by atoms with van der Waals surface area (Å²) in [6.45, 7) is 1.99. The fourth-order valence-corrected chi connectivity index (χ4v) is 5.14. The Hall–Kier alpha value is -3.26. The van der Waals surface area contributed by atoms with Crippen LogP contribution >= 0.6 is 34.8 Å². The van der Waals surface area contributed by atoms with Gasteiger partial charge in [0, 0.05) is 5.69 Å². The number of hydrogen-bond donors (Lipinski definition) is 1. The van der Waals surface area contributed by atoms with Gasteiger partial charge in [0.2, 0.25) is 0 Å².